The second kappa shape index (κ2) is 3.65. The van der Waals surface area contributed by atoms with Crippen molar-refractivity contribution in [3.63, 3.8) is 0 Å². The standard InChI is InChI=1S/C10H8N2O4/c13-7-3-1-6-2-4-8(14)12(5-9(15)16)10(6)11-7/h1-4H,5H2,(H,11,13)(H,15,16). The van der Waals surface area contributed by atoms with E-state index in [0.29, 0.717) is 5.39 Å². The van der Waals surface area contributed by atoms with E-state index in [1.54, 1.807) is 0 Å². The van der Waals surface area contributed by atoms with Crippen molar-refractivity contribution >= 4 is 17.0 Å². The summed E-state index contributed by atoms with van der Waals surface area (Å²) >= 11 is 0. The second-order valence-corrected chi connectivity index (χ2v) is 3.28. The minimum Gasteiger partial charge on any atom is -0.480 e. The third kappa shape index (κ3) is 1.72. The highest BCUT2D eigenvalue weighted by atomic mass is 16.4. The number of aromatic amines is 1. The number of fused-ring (bicyclic) bond motifs is 1. The smallest absolute Gasteiger partial charge is 0.323 e. The second-order valence-electron chi connectivity index (χ2n) is 3.28. The van der Waals surface area contributed by atoms with Gasteiger partial charge in [0.1, 0.15) is 12.2 Å². The number of aromatic nitrogens is 2. The summed E-state index contributed by atoms with van der Waals surface area (Å²) in [5.74, 6) is -1.14. The van der Waals surface area contributed by atoms with Crippen LogP contribution in [0.2, 0.25) is 0 Å². The van der Waals surface area contributed by atoms with Crippen molar-refractivity contribution in [2.75, 3.05) is 0 Å². The molecular weight excluding hydrogens is 212 g/mol. The average Bonchev–Trinajstić information content (AvgIpc) is 2.22. The molecule has 0 fully saturated rings. The van der Waals surface area contributed by atoms with Gasteiger partial charge < -0.3 is 10.1 Å². The van der Waals surface area contributed by atoms with Crippen LogP contribution < -0.4 is 11.1 Å². The van der Waals surface area contributed by atoms with Crippen LogP contribution >= 0.6 is 0 Å². The number of H-pyrrole nitrogens is 1. The lowest BCUT2D eigenvalue weighted by Crippen LogP contribution is -2.25. The number of carboxylic acid groups (broad SMARTS) is 1. The van der Waals surface area contributed by atoms with Gasteiger partial charge in [-0.05, 0) is 12.1 Å². The fourth-order valence-corrected chi connectivity index (χ4v) is 1.49. The van der Waals surface area contributed by atoms with Crippen molar-refractivity contribution in [2.24, 2.45) is 0 Å². The first-order chi connectivity index (χ1) is 7.58. The van der Waals surface area contributed by atoms with Crippen molar-refractivity contribution in [1.29, 1.82) is 0 Å². The van der Waals surface area contributed by atoms with Gasteiger partial charge in [0.25, 0.3) is 5.56 Å². The minimum absolute atomic E-state index is 0.224. The zero-order valence-electron chi connectivity index (χ0n) is 8.14. The monoisotopic (exact) mass is 220 g/mol. The Morgan fingerprint density at radius 2 is 1.94 bits per heavy atom. The predicted octanol–water partition coefficient (Wildman–Crippen LogP) is -0.226. The summed E-state index contributed by atoms with van der Waals surface area (Å²) in [6, 6.07) is 5.65. The normalized spacial score (nSPS) is 10.5. The van der Waals surface area contributed by atoms with E-state index in [2.05, 4.69) is 4.98 Å². The number of rotatable bonds is 2. The first-order valence-corrected chi connectivity index (χ1v) is 4.52. The molecule has 2 heterocycles. The number of nitrogens with one attached hydrogen (secondary N) is 1. The highest BCUT2D eigenvalue weighted by Crippen LogP contribution is 2.05. The Morgan fingerprint density at radius 1 is 1.25 bits per heavy atom. The Hall–Kier alpha value is -2.37. The summed E-state index contributed by atoms with van der Waals surface area (Å²) < 4.78 is 1.01. The summed E-state index contributed by atoms with van der Waals surface area (Å²) in [6.45, 7) is -0.476. The van der Waals surface area contributed by atoms with Crippen LogP contribution in [0.1, 0.15) is 0 Å². The molecule has 0 bridgehead atoms. The quantitative estimate of drug-likeness (QED) is 0.731. The molecule has 2 rings (SSSR count). The Kier molecular flexibility index (Phi) is 2.32. The molecule has 6 nitrogen and oxygen atoms in total. The van der Waals surface area contributed by atoms with Gasteiger partial charge in [-0.15, -0.1) is 0 Å². The highest BCUT2D eigenvalue weighted by molar-refractivity contribution is 5.76. The van der Waals surface area contributed by atoms with E-state index in [1.807, 2.05) is 0 Å². The molecule has 82 valence electrons. The van der Waals surface area contributed by atoms with Gasteiger partial charge in [-0.2, -0.15) is 0 Å². The minimum atomic E-state index is -1.14. The van der Waals surface area contributed by atoms with Gasteiger partial charge in [0, 0.05) is 17.5 Å². The summed E-state index contributed by atoms with van der Waals surface area (Å²) in [5, 5.41) is 9.28. The molecule has 0 unspecified atom stereocenters. The van der Waals surface area contributed by atoms with E-state index in [9.17, 15) is 14.4 Å². The lowest BCUT2D eigenvalue weighted by molar-refractivity contribution is -0.137. The van der Waals surface area contributed by atoms with E-state index in [4.69, 9.17) is 5.11 Å². The SMILES string of the molecule is O=C(O)Cn1c(=O)ccc2ccc(=O)[nH]c21. The van der Waals surface area contributed by atoms with E-state index in [1.165, 1.54) is 24.3 Å². The van der Waals surface area contributed by atoms with Crippen molar-refractivity contribution in [3.05, 3.63) is 45.0 Å². The summed E-state index contributed by atoms with van der Waals surface area (Å²) in [4.78, 5) is 35.6. The lowest BCUT2D eigenvalue weighted by atomic mass is 10.3. The fourth-order valence-electron chi connectivity index (χ4n) is 1.49. The molecule has 0 aliphatic carbocycles. The Balaban J connectivity index is 2.82. The van der Waals surface area contributed by atoms with E-state index < -0.39 is 18.1 Å². The van der Waals surface area contributed by atoms with Crippen molar-refractivity contribution in [3.8, 4) is 0 Å². The number of carbonyl (C=O) groups is 1. The molecule has 6 heteroatoms. The van der Waals surface area contributed by atoms with Crippen LogP contribution in [-0.2, 0) is 11.3 Å². The van der Waals surface area contributed by atoms with Crippen LogP contribution in [0.4, 0.5) is 0 Å². The number of nitrogens with zero attached hydrogens (tertiary/aromatic N) is 1. The molecule has 0 atom stereocenters. The van der Waals surface area contributed by atoms with E-state index >= 15 is 0 Å². The fraction of sp³-hybridized carbons (Fsp3) is 0.100. The number of hydrogen-bond donors (Lipinski definition) is 2. The molecule has 0 saturated carbocycles. The average molecular weight is 220 g/mol. The topological polar surface area (TPSA) is 92.2 Å². The van der Waals surface area contributed by atoms with Gasteiger partial charge in [0.2, 0.25) is 5.56 Å². The van der Waals surface area contributed by atoms with Gasteiger partial charge in [0.05, 0.1) is 0 Å². The van der Waals surface area contributed by atoms with Gasteiger partial charge in [-0.1, -0.05) is 0 Å². The molecular formula is C10H8N2O4. The number of pyridine rings is 2. The molecule has 2 aromatic heterocycles. The largest absolute Gasteiger partial charge is 0.480 e. The molecule has 0 amide bonds. The van der Waals surface area contributed by atoms with Crippen LogP contribution in [-0.4, -0.2) is 20.6 Å². The summed E-state index contributed by atoms with van der Waals surface area (Å²) in [5.41, 5.74) is -0.614. The number of aliphatic carboxylic acids is 1. The Morgan fingerprint density at radius 3 is 2.62 bits per heavy atom. The lowest BCUT2D eigenvalue weighted by Gasteiger charge is -2.06. The van der Waals surface area contributed by atoms with Crippen LogP contribution in [0.3, 0.4) is 0 Å². The van der Waals surface area contributed by atoms with E-state index in [0.717, 1.165) is 4.57 Å². The van der Waals surface area contributed by atoms with Crippen molar-refractivity contribution in [1.82, 2.24) is 9.55 Å². The first kappa shape index (κ1) is 10.2. The predicted molar refractivity (Wildman–Crippen MR) is 56.5 cm³/mol. The Bertz CT molecular complexity index is 663. The molecule has 0 aliphatic heterocycles. The highest BCUT2D eigenvalue weighted by Gasteiger charge is 2.06. The van der Waals surface area contributed by atoms with Gasteiger partial charge in [-0.3, -0.25) is 19.0 Å². The molecule has 0 spiro atoms. The summed E-state index contributed by atoms with van der Waals surface area (Å²) in [6.07, 6.45) is 0. The first-order valence-electron chi connectivity index (χ1n) is 4.52. The van der Waals surface area contributed by atoms with Gasteiger partial charge in [0.15, 0.2) is 0 Å². The maximum absolute atomic E-state index is 11.5. The number of hydrogen-bond acceptors (Lipinski definition) is 3. The van der Waals surface area contributed by atoms with E-state index in [-0.39, 0.29) is 11.2 Å². The third-order valence-electron chi connectivity index (χ3n) is 2.16. The van der Waals surface area contributed by atoms with Crippen LogP contribution in [0.25, 0.3) is 11.0 Å². The van der Waals surface area contributed by atoms with Gasteiger partial charge in [-0.25, -0.2) is 0 Å². The molecule has 2 N–H and O–H groups in total. The van der Waals surface area contributed by atoms with Crippen LogP contribution in [0, 0.1) is 0 Å². The molecule has 0 aromatic carbocycles. The van der Waals surface area contributed by atoms with Crippen LogP contribution in [0.15, 0.2) is 33.9 Å². The summed E-state index contributed by atoms with van der Waals surface area (Å²) in [7, 11) is 0. The zero-order chi connectivity index (χ0) is 11.7. The maximum atomic E-state index is 11.5. The third-order valence-corrected chi connectivity index (χ3v) is 2.16. The zero-order valence-corrected chi connectivity index (χ0v) is 8.14. The van der Waals surface area contributed by atoms with Crippen molar-refractivity contribution < 1.29 is 9.90 Å². The molecule has 0 radical (unpaired) electrons. The van der Waals surface area contributed by atoms with Crippen LogP contribution in [0.5, 0.6) is 0 Å². The maximum Gasteiger partial charge on any atom is 0.323 e. The number of carboxylic acids is 1. The molecule has 0 aliphatic rings. The molecule has 16 heavy (non-hydrogen) atoms. The Labute approximate surface area is 88.8 Å². The van der Waals surface area contributed by atoms with Crippen molar-refractivity contribution in [2.45, 2.75) is 6.54 Å². The molecule has 2 aromatic rings. The van der Waals surface area contributed by atoms with Gasteiger partial charge >= 0.3 is 5.97 Å². The molecule has 0 saturated heterocycles.